The second-order valence-electron chi connectivity index (χ2n) is 12.9. The van der Waals surface area contributed by atoms with Gasteiger partial charge in [0.25, 0.3) is 0 Å². The summed E-state index contributed by atoms with van der Waals surface area (Å²) in [6, 6.07) is 23.7. The summed E-state index contributed by atoms with van der Waals surface area (Å²) in [5.74, 6) is -2.28. The summed E-state index contributed by atoms with van der Waals surface area (Å²) in [6.07, 6.45) is 0.196. The third kappa shape index (κ3) is 13.8. The van der Waals surface area contributed by atoms with Crippen molar-refractivity contribution in [2.75, 3.05) is 7.11 Å². The highest BCUT2D eigenvalue weighted by Crippen LogP contribution is 2.30. The summed E-state index contributed by atoms with van der Waals surface area (Å²) in [5.41, 5.74) is 0.869. The van der Waals surface area contributed by atoms with Gasteiger partial charge < -0.3 is 14.9 Å². The quantitative estimate of drug-likeness (QED) is 0.0878. The zero-order valence-corrected chi connectivity index (χ0v) is 33.6. The van der Waals surface area contributed by atoms with Gasteiger partial charge in [0.2, 0.25) is 0 Å². The summed E-state index contributed by atoms with van der Waals surface area (Å²) in [4.78, 5) is 23.0. The first-order valence-electron chi connectivity index (χ1n) is 17.6. The SMILES string of the molecule is COc1ccc(S(=O)(=O)C(CCCCCc2cccc(C(F)(F)F)c2)C(=O)O)cc1.O=C(O)C(CCCCCc1ccc(Cl)c(Cl)c1)S(=O)(=O)c1ccccc1. The third-order valence-electron chi connectivity index (χ3n) is 8.86. The van der Waals surface area contributed by atoms with Crippen LogP contribution in [0.4, 0.5) is 13.2 Å². The smallest absolute Gasteiger partial charge is 0.416 e. The first-order chi connectivity index (χ1) is 26.4. The van der Waals surface area contributed by atoms with E-state index >= 15 is 0 Å². The van der Waals surface area contributed by atoms with Crippen molar-refractivity contribution in [1.82, 2.24) is 0 Å². The molecule has 304 valence electrons. The Hall–Kier alpha value is -4.11. The molecule has 0 radical (unpaired) electrons. The molecule has 56 heavy (non-hydrogen) atoms. The molecule has 4 aromatic rings. The van der Waals surface area contributed by atoms with Gasteiger partial charge in [-0.2, -0.15) is 13.2 Å². The molecule has 0 aliphatic carbocycles. The molecule has 2 unspecified atom stereocenters. The lowest BCUT2D eigenvalue weighted by atomic mass is 10.0. The normalized spacial score (nSPS) is 12.9. The number of carbonyl (C=O) groups is 2. The fraction of sp³-hybridized carbons (Fsp3) is 0.350. The molecule has 0 spiro atoms. The minimum atomic E-state index is -4.40. The van der Waals surface area contributed by atoms with E-state index in [1.807, 2.05) is 12.1 Å². The number of methoxy groups -OCH3 is 1. The molecule has 16 heteroatoms. The molecule has 4 rings (SSSR count). The standard InChI is InChI=1S/C21H23F3O5S.C19H20Cl2O4S/c1-29-17-10-12-18(13-11-17)30(27,28)19(20(25)26)9-4-2-3-6-15-7-5-8-16(14-15)21(22,23)24;20-16-12-11-14(13-17(16)21)7-3-1-6-10-18(19(22)23)26(24,25)15-8-4-2-5-9-15/h5,7-8,10-14,19H,2-4,6,9H2,1H3,(H,25,26);2,4-5,8-9,11-13,18H,1,3,6-7,10H2,(H,22,23). The topological polar surface area (TPSA) is 152 Å². The lowest BCUT2D eigenvalue weighted by molar-refractivity contribution is -0.138. The van der Waals surface area contributed by atoms with Crippen LogP contribution in [0.5, 0.6) is 5.75 Å². The third-order valence-corrected chi connectivity index (χ3v) is 13.8. The number of benzene rings is 4. The van der Waals surface area contributed by atoms with Crippen LogP contribution in [-0.2, 0) is 48.3 Å². The molecule has 0 fully saturated rings. The zero-order valence-electron chi connectivity index (χ0n) is 30.4. The second kappa shape index (κ2) is 21.4. The van der Waals surface area contributed by atoms with E-state index in [9.17, 15) is 49.8 Å². The van der Waals surface area contributed by atoms with E-state index in [0.717, 1.165) is 37.0 Å². The molecule has 0 saturated heterocycles. The number of carboxylic acids is 2. The van der Waals surface area contributed by atoms with Crippen molar-refractivity contribution >= 4 is 54.8 Å². The minimum Gasteiger partial charge on any atom is -0.497 e. The summed E-state index contributed by atoms with van der Waals surface area (Å²) >= 11 is 11.9. The summed E-state index contributed by atoms with van der Waals surface area (Å²) in [6.45, 7) is 0. The van der Waals surface area contributed by atoms with Crippen molar-refractivity contribution in [3.63, 3.8) is 0 Å². The lowest BCUT2D eigenvalue weighted by Gasteiger charge is -2.14. The highest BCUT2D eigenvalue weighted by molar-refractivity contribution is 7.93. The molecule has 0 saturated carbocycles. The number of hydrogen-bond acceptors (Lipinski definition) is 7. The van der Waals surface area contributed by atoms with Crippen LogP contribution >= 0.6 is 23.2 Å². The molecule has 0 bridgehead atoms. The van der Waals surface area contributed by atoms with Crippen LogP contribution in [-0.4, -0.2) is 56.6 Å². The molecule has 2 atom stereocenters. The van der Waals surface area contributed by atoms with Crippen LogP contribution < -0.4 is 4.74 Å². The highest BCUT2D eigenvalue weighted by atomic mass is 35.5. The molecule has 2 N–H and O–H groups in total. The van der Waals surface area contributed by atoms with Gasteiger partial charge in [-0.1, -0.05) is 91.3 Å². The lowest BCUT2D eigenvalue weighted by Crippen LogP contribution is -2.30. The van der Waals surface area contributed by atoms with Gasteiger partial charge in [0.05, 0.1) is 32.5 Å². The van der Waals surface area contributed by atoms with Crippen LogP contribution in [0.15, 0.2) is 107 Å². The molecule has 0 aliphatic rings. The van der Waals surface area contributed by atoms with Gasteiger partial charge in [0.1, 0.15) is 5.75 Å². The van der Waals surface area contributed by atoms with Crippen molar-refractivity contribution in [3.8, 4) is 5.75 Å². The van der Waals surface area contributed by atoms with Gasteiger partial charge in [-0.05, 0) is 104 Å². The van der Waals surface area contributed by atoms with Crippen molar-refractivity contribution in [1.29, 1.82) is 0 Å². The Morgan fingerprint density at radius 1 is 0.625 bits per heavy atom. The van der Waals surface area contributed by atoms with Gasteiger partial charge in [-0.25, -0.2) is 16.8 Å². The van der Waals surface area contributed by atoms with Gasteiger partial charge in [0.15, 0.2) is 30.2 Å². The van der Waals surface area contributed by atoms with Crippen molar-refractivity contribution in [2.24, 2.45) is 0 Å². The molecule has 9 nitrogen and oxygen atoms in total. The Morgan fingerprint density at radius 3 is 1.59 bits per heavy atom. The van der Waals surface area contributed by atoms with E-state index in [1.54, 1.807) is 30.3 Å². The summed E-state index contributed by atoms with van der Waals surface area (Å²) < 4.78 is 93.6. The van der Waals surface area contributed by atoms with E-state index in [-0.39, 0.29) is 22.6 Å². The van der Waals surface area contributed by atoms with E-state index in [4.69, 9.17) is 27.9 Å². The van der Waals surface area contributed by atoms with Crippen LogP contribution in [0.1, 0.15) is 68.1 Å². The number of hydrogen-bond donors (Lipinski definition) is 2. The van der Waals surface area contributed by atoms with Crippen LogP contribution in [0, 0.1) is 0 Å². The molecular weight excluding hydrogens is 816 g/mol. The molecule has 4 aromatic carbocycles. The predicted octanol–water partition coefficient (Wildman–Crippen LogP) is 9.77. The second-order valence-corrected chi connectivity index (χ2v) is 18.0. The first kappa shape index (κ1) is 46.3. The van der Waals surface area contributed by atoms with E-state index in [1.165, 1.54) is 49.6 Å². The fourth-order valence-corrected chi connectivity index (χ4v) is 9.31. The molecule has 0 heterocycles. The predicted molar refractivity (Wildman–Crippen MR) is 209 cm³/mol. The highest BCUT2D eigenvalue weighted by Gasteiger charge is 2.34. The van der Waals surface area contributed by atoms with Gasteiger partial charge in [-0.15, -0.1) is 0 Å². The van der Waals surface area contributed by atoms with Crippen molar-refractivity contribution in [2.45, 2.75) is 90.7 Å². The van der Waals surface area contributed by atoms with E-state index in [2.05, 4.69) is 0 Å². The summed E-state index contributed by atoms with van der Waals surface area (Å²) in [7, 11) is -6.51. The Morgan fingerprint density at radius 2 is 1.12 bits per heavy atom. The van der Waals surface area contributed by atoms with Gasteiger partial charge in [0, 0.05) is 0 Å². The largest absolute Gasteiger partial charge is 0.497 e. The van der Waals surface area contributed by atoms with Crippen molar-refractivity contribution < 1.29 is 54.5 Å². The average Bonchev–Trinajstić information content (AvgIpc) is 3.15. The Kier molecular flexibility index (Phi) is 17.7. The Labute approximate surface area is 335 Å². The number of halogens is 5. The number of carboxylic acid groups (broad SMARTS) is 2. The maximum absolute atomic E-state index is 12.7. The molecule has 0 amide bonds. The maximum atomic E-state index is 12.7. The molecular formula is C40H43Cl2F3O9S2. The number of sulfone groups is 2. The Balaban J connectivity index is 0.000000303. The van der Waals surface area contributed by atoms with Gasteiger partial charge in [-0.3, -0.25) is 9.59 Å². The monoisotopic (exact) mass is 858 g/mol. The minimum absolute atomic E-state index is 0.0446. The number of alkyl halides is 3. The van der Waals surface area contributed by atoms with E-state index < -0.39 is 53.9 Å². The number of ether oxygens (including phenoxy) is 1. The Bertz CT molecular complexity index is 2110. The number of rotatable bonds is 19. The molecule has 0 aromatic heterocycles. The van der Waals surface area contributed by atoms with Gasteiger partial charge >= 0.3 is 18.1 Å². The van der Waals surface area contributed by atoms with Crippen LogP contribution in [0.25, 0.3) is 0 Å². The molecule has 0 aliphatic heterocycles. The van der Waals surface area contributed by atoms with Crippen LogP contribution in [0.3, 0.4) is 0 Å². The van der Waals surface area contributed by atoms with E-state index in [0.29, 0.717) is 53.5 Å². The number of aliphatic carboxylic acids is 2. The maximum Gasteiger partial charge on any atom is 0.416 e. The average molecular weight is 860 g/mol. The first-order valence-corrected chi connectivity index (χ1v) is 21.5. The zero-order chi connectivity index (χ0) is 41.5. The summed E-state index contributed by atoms with van der Waals surface area (Å²) in [5, 5.41) is 16.8. The fourth-order valence-electron chi connectivity index (χ4n) is 5.80. The number of unbranched alkanes of at least 4 members (excludes halogenated alkanes) is 4. The van der Waals surface area contributed by atoms with Crippen LogP contribution in [0.2, 0.25) is 10.0 Å². The van der Waals surface area contributed by atoms with Crippen molar-refractivity contribution in [3.05, 3.63) is 124 Å². The number of aryl methyl sites for hydroxylation is 2.